The molecule has 438 valence electrons. The van der Waals surface area contributed by atoms with Gasteiger partial charge in [0.25, 0.3) is 0 Å². The number of aliphatic hydroxyl groups is 1. The Labute approximate surface area is 497 Å². The van der Waals surface area contributed by atoms with Crippen LogP contribution in [0.4, 0.5) is 8.78 Å². The molecule has 86 heavy (non-hydrogen) atoms. The summed E-state index contributed by atoms with van der Waals surface area (Å²) in [4.78, 5) is 51.7. The number of carboxylic acids is 5. The van der Waals surface area contributed by atoms with Crippen LogP contribution in [0.3, 0.4) is 0 Å². The third-order valence-electron chi connectivity index (χ3n) is 12.5. The molecule has 0 heterocycles. The minimum absolute atomic E-state index is 0.00290. The van der Waals surface area contributed by atoms with E-state index in [-0.39, 0.29) is 18.2 Å². The Bertz CT molecular complexity index is 3570. The fourth-order valence-corrected chi connectivity index (χ4v) is 8.07. The number of aliphatic hydroxyl groups excluding tert-OH is 1. The predicted octanol–water partition coefficient (Wildman–Crippen LogP) is 16.4. The Kier molecular flexibility index (Phi) is 28.1. The maximum Gasteiger partial charge on any atom is 0.328 e. The van der Waals surface area contributed by atoms with Gasteiger partial charge < -0.3 is 35.4 Å². The van der Waals surface area contributed by atoms with E-state index in [4.69, 9.17) is 35.4 Å². The molecule has 0 atom stereocenters. The summed E-state index contributed by atoms with van der Waals surface area (Å²) in [5.74, 6) is -3.09. The monoisotopic (exact) mass is 1160 g/mol. The number of hydrogen-bond donors (Lipinski definition) is 6. The third-order valence-corrected chi connectivity index (χ3v) is 12.5. The quantitative estimate of drug-likeness (QED) is 0.0371. The Morgan fingerprint density at radius 2 is 0.651 bits per heavy atom. The van der Waals surface area contributed by atoms with Crippen molar-refractivity contribution in [2.45, 2.75) is 44.6 Å². The molecule has 0 unspecified atom stereocenters. The lowest BCUT2D eigenvalue weighted by Gasteiger charge is -2.21. The summed E-state index contributed by atoms with van der Waals surface area (Å²) in [6.07, 6.45) is 23.7. The van der Waals surface area contributed by atoms with Crippen molar-refractivity contribution < 1.29 is 68.1 Å². The molecular formula is C72H64F2O12. The van der Waals surface area contributed by atoms with Gasteiger partial charge in [-0.2, -0.15) is 0 Å². The summed E-state index contributed by atoms with van der Waals surface area (Å²) in [6.45, 7) is 0.00290. The zero-order valence-corrected chi connectivity index (χ0v) is 46.7. The number of carbonyl (C=O) groups is 5. The average Bonchev–Trinajstić information content (AvgIpc) is 3.67. The highest BCUT2D eigenvalue weighted by Crippen LogP contribution is 2.33. The van der Waals surface area contributed by atoms with Gasteiger partial charge in [0.15, 0.2) is 0 Å². The first-order valence-electron chi connectivity index (χ1n) is 27.1. The van der Waals surface area contributed by atoms with Gasteiger partial charge in [-0.1, -0.05) is 183 Å². The topological polar surface area (TPSA) is 216 Å². The molecule has 1 saturated carbocycles. The van der Waals surface area contributed by atoms with Crippen molar-refractivity contribution in [2.75, 3.05) is 0 Å². The third kappa shape index (κ3) is 26.8. The number of rotatable bonds is 17. The summed E-state index contributed by atoms with van der Waals surface area (Å²) in [7, 11) is 0. The van der Waals surface area contributed by atoms with Crippen molar-refractivity contribution in [1.82, 2.24) is 0 Å². The summed E-state index contributed by atoms with van der Waals surface area (Å²) in [5, 5.41) is 51.2. The van der Waals surface area contributed by atoms with Crippen molar-refractivity contribution >= 4 is 72.4 Å². The van der Waals surface area contributed by atoms with Gasteiger partial charge in [0.05, 0.1) is 6.61 Å². The molecular weight excluding hydrogens is 1090 g/mol. The number of para-hydroxylation sites is 1. The first kappa shape index (κ1) is 66.0. The number of carboxylic acid groups (broad SMARTS) is 5. The fourth-order valence-electron chi connectivity index (χ4n) is 8.07. The number of ether oxygens (including phenoxy) is 1. The van der Waals surface area contributed by atoms with Crippen molar-refractivity contribution in [1.29, 1.82) is 0 Å². The van der Waals surface area contributed by atoms with Gasteiger partial charge in [-0.05, 0) is 159 Å². The van der Waals surface area contributed by atoms with E-state index in [9.17, 15) is 32.8 Å². The Morgan fingerprint density at radius 1 is 0.360 bits per heavy atom. The van der Waals surface area contributed by atoms with Crippen molar-refractivity contribution in [3.63, 3.8) is 0 Å². The van der Waals surface area contributed by atoms with Gasteiger partial charge in [0, 0.05) is 30.4 Å². The maximum absolute atomic E-state index is 12.8. The zero-order valence-electron chi connectivity index (χ0n) is 46.7. The van der Waals surface area contributed by atoms with Crippen LogP contribution in [-0.2, 0) is 30.6 Å². The van der Waals surface area contributed by atoms with E-state index >= 15 is 0 Å². The first-order chi connectivity index (χ1) is 41.5. The van der Waals surface area contributed by atoms with E-state index in [1.54, 1.807) is 78.9 Å². The summed E-state index contributed by atoms with van der Waals surface area (Å²) < 4.78 is 31.1. The van der Waals surface area contributed by atoms with Gasteiger partial charge in [0.1, 0.15) is 23.1 Å². The first-order valence-corrected chi connectivity index (χ1v) is 27.1. The van der Waals surface area contributed by atoms with Crippen molar-refractivity contribution in [3.8, 4) is 22.6 Å². The largest absolute Gasteiger partial charge is 0.478 e. The minimum atomic E-state index is -0.974. The smallest absolute Gasteiger partial charge is 0.328 e. The summed E-state index contributed by atoms with van der Waals surface area (Å²) in [6, 6.07) is 59.3. The molecule has 0 spiro atoms. The van der Waals surface area contributed by atoms with Crippen LogP contribution in [-0.4, -0.2) is 60.5 Å². The highest BCUT2D eigenvalue weighted by atomic mass is 19.1. The van der Waals surface area contributed by atoms with Crippen LogP contribution < -0.4 is 4.74 Å². The van der Waals surface area contributed by atoms with Gasteiger partial charge in [-0.15, -0.1) is 0 Å². The van der Waals surface area contributed by atoms with E-state index < -0.39 is 29.8 Å². The molecule has 0 aromatic heterocycles. The second kappa shape index (κ2) is 36.6. The predicted molar refractivity (Wildman–Crippen MR) is 335 cm³/mol. The molecule has 12 nitrogen and oxygen atoms in total. The second-order valence-corrected chi connectivity index (χ2v) is 18.9. The lowest BCUT2D eigenvalue weighted by atomic mass is 9.84. The highest BCUT2D eigenvalue weighted by Gasteiger charge is 2.15. The number of benzene rings is 8. The molecule has 0 saturated heterocycles. The molecule has 0 bridgehead atoms. The lowest BCUT2D eigenvalue weighted by Crippen LogP contribution is -2.04. The van der Waals surface area contributed by atoms with E-state index in [2.05, 4.69) is 12.1 Å². The molecule has 0 amide bonds. The van der Waals surface area contributed by atoms with Crippen LogP contribution >= 0.6 is 0 Å². The zero-order chi connectivity index (χ0) is 61.9. The van der Waals surface area contributed by atoms with Crippen LogP contribution in [0.15, 0.2) is 231 Å². The fraction of sp³-hybridized carbons (Fsp3) is 0.0972. The van der Waals surface area contributed by atoms with E-state index in [0.29, 0.717) is 11.7 Å². The van der Waals surface area contributed by atoms with Gasteiger partial charge in [-0.3, -0.25) is 0 Å². The van der Waals surface area contributed by atoms with Crippen LogP contribution in [0.2, 0.25) is 0 Å². The minimum Gasteiger partial charge on any atom is -0.478 e. The normalized spacial score (nSPS) is 12.1. The molecule has 8 aromatic rings. The number of aliphatic carboxylic acids is 5. The van der Waals surface area contributed by atoms with E-state index in [0.717, 1.165) is 85.7 Å². The molecule has 8 aromatic carbocycles. The summed E-state index contributed by atoms with van der Waals surface area (Å²) in [5.41, 5.74) is 10.2. The molecule has 14 heteroatoms. The van der Waals surface area contributed by atoms with Gasteiger partial charge in [0.2, 0.25) is 0 Å². The van der Waals surface area contributed by atoms with Crippen molar-refractivity contribution in [3.05, 3.63) is 292 Å². The second-order valence-electron chi connectivity index (χ2n) is 18.9. The standard InChI is InChI=1S/C17H13FO2.C15H11FO2.C15H12O3.C15H18O2.C10H10O3/c18-16-10-7-15(8-11-16)6-3-13-1-4-14(5-2-13)9-12-17(19)20;16-14-8-6-13(7-9-14)12-4-1-11(2-5-12)3-10-15(17)18;16-15(17)11-8-12-6-9-14(10-7-12)18-13-4-2-1-3-5-13;16-15(17)11-8-12-6-9-14(10-7-12)13-4-2-1-3-5-13;11-7-9-3-1-8(2-4-9)5-6-10(12)13/h1-12H,(H,19,20);1-10H,(H,17,18);1-11H,(H,16,17);6-11,13H,1-5H2,(H,16,17);1-6,11H,7H2,(H,12,13)/b6-3+,12-9+;10-3+;2*11-8+;6-5+. The SMILES string of the molecule is O=C(O)/C=C/c1ccc(-c2ccc(F)cc2)cc1.O=C(O)/C=C/c1ccc(/C=C/c2ccc(F)cc2)cc1.O=C(O)/C=C/c1ccc(C2CCCCC2)cc1.O=C(O)/C=C/c1ccc(CO)cc1.O=C(O)/C=C/c1ccc(Oc2ccccc2)cc1. The molecule has 1 aliphatic rings. The average molecular weight is 1160 g/mol. The molecule has 1 aliphatic carbocycles. The molecule has 1 fully saturated rings. The molecule has 6 N–H and O–H groups in total. The number of hydrogen-bond acceptors (Lipinski definition) is 7. The molecule has 0 radical (unpaired) electrons. The molecule has 9 rings (SSSR count). The van der Waals surface area contributed by atoms with Gasteiger partial charge >= 0.3 is 29.8 Å². The molecule has 0 aliphatic heterocycles. The van der Waals surface area contributed by atoms with Crippen LogP contribution in [0.25, 0.3) is 53.7 Å². The van der Waals surface area contributed by atoms with Crippen LogP contribution in [0.1, 0.15) is 88.1 Å². The van der Waals surface area contributed by atoms with Crippen LogP contribution in [0.5, 0.6) is 11.5 Å². The number of halogens is 2. The highest BCUT2D eigenvalue weighted by molar-refractivity contribution is 5.87. The lowest BCUT2D eigenvalue weighted by molar-refractivity contribution is -0.132. The van der Waals surface area contributed by atoms with E-state index in [1.165, 1.54) is 92.3 Å². The Morgan fingerprint density at radius 3 is 1.02 bits per heavy atom. The van der Waals surface area contributed by atoms with Crippen molar-refractivity contribution in [2.24, 2.45) is 0 Å². The summed E-state index contributed by atoms with van der Waals surface area (Å²) >= 11 is 0. The Balaban J connectivity index is 0.000000197. The van der Waals surface area contributed by atoms with E-state index in [1.807, 2.05) is 103 Å². The Hall–Kier alpha value is -10.8. The van der Waals surface area contributed by atoms with Gasteiger partial charge in [-0.25, -0.2) is 32.8 Å². The maximum atomic E-state index is 12.8. The van der Waals surface area contributed by atoms with Crippen LogP contribution in [0, 0.1) is 11.6 Å².